The SMILES string of the molecule is COCCN(c1nc(C)ccc1C(=O)O)C(C)C. The van der Waals surface area contributed by atoms with Crippen LogP contribution in [0.15, 0.2) is 12.1 Å². The number of carboxylic acid groups (broad SMARTS) is 1. The van der Waals surface area contributed by atoms with E-state index in [0.717, 1.165) is 5.69 Å². The summed E-state index contributed by atoms with van der Waals surface area (Å²) >= 11 is 0. The van der Waals surface area contributed by atoms with Gasteiger partial charge in [0.1, 0.15) is 11.4 Å². The average molecular weight is 252 g/mol. The summed E-state index contributed by atoms with van der Waals surface area (Å²) in [6, 6.07) is 3.47. The molecule has 0 aliphatic rings. The molecule has 0 amide bonds. The minimum Gasteiger partial charge on any atom is -0.478 e. The maximum absolute atomic E-state index is 11.2. The zero-order valence-corrected chi connectivity index (χ0v) is 11.3. The number of hydrogen-bond donors (Lipinski definition) is 1. The summed E-state index contributed by atoms with van der Waals surface area (Å²) in [5, 5.41) is 9.21. The van der Waals surface area contributed by atoms with Gasteiger partial charge in [-0.05, 0) is 32.9 Å². The number of anilines is 1. The van der Waals surface area contributed by atoms with Gasteiger partial charge in [-0.25, -0.2) is 9.78 Å². The molecule has 1 rings (SSSR count). The Morgan fingerprint density at radius 3 is 2.67 bits per heavy atom. The van der Waals surface area contributed by atoms with E-state index in [0.29, 0.717) is 19.0 Å². The Morgan fingerprint density at radius 1 is 1.50 bits per heavy atom. The summed E-state index contributed by atoms with van der Waals surface area (Å²) in [6.45, 7) is 7.01. The number of carbonyl (C=O) groups is 1. The third-order valence-corrected chi connectivity index (χ3v) is 2.68. The lowest BCUT2D eigenvalue weighted by Crippen LogP contribution is -2.35. The Hall–Kier alpha value is -1.62. The molecule has 1 N–H and O–H groups in total. The number of aromatic nitrogens is 1. The maximum atomic E-state index is 11.2. The molecule has 1 heterocycles. The largest absolute Gasteiger partial charge is 0.478 e. The smallest absolute Gasteiger partial charge is 0.339 e. The van der Waals surface area contributed by atoms with Gasteiger partial charge in [-0.1, -0.05) is 0 Å². The summed E-state index contributed by atoms with van der Waals surface area (Å²) in [7, 11) is 1.63. The van der Waals surface area contributed by atoms with Crippen LogP contribution in [0.1, 0.15) is 29.9 Å². The van der Waals surface area contributed by atoms with Crippen molar-refractivity contribution in [2.45, 2.75) is 26.8 Å². The Balaban J connectivity index is 3.16. The molecule has 100 valence electrons. The molecule has 0 spiro atoms. The van der Waals surface area contributed by atoms with E-state index in [1.165, 1.54) is 0 Å². The number of methoxy groups -OCH3 is 1. The van der Waals surface area contributed by atoms with E-state index in [1.54, 1.807) is 19.2 Å². The second-order valence-electron chi connectivity index (χ2n) is 4.41. The van der Waals surface area contributed by atoms with Crippen LogP contribution < -0.4 is 4.90 Å². The van der Waals surface area contributed by atoms with Gasteiger partial charge >= 0.3 is 5.97 Å². The van der Waals surface area contributed by atoms with Crippen LogP contribution in [0.3, 0.4) is 0 Å². The molecule has 0 aromatic carbocycles. The minimum atomic E-state index is -0.958. The van der Waals surface area contributed by atoms with E-state index in [4.69, 9.17) is 4.74 Å². The van der Waals surface area contributed by atoms with Crippen molar-refractivity contribution in [2.75, 3.05) is 25.2 Å². The fourth-order valence-electron chi connectivity index (χ4n) is 1.73. The summed E-state index contributed by atoms with van der Waals surface area (Å²) in [5.41, 5.74) is 1.03. The van der Waals surface area contributed by atoms with Crippen molar-refractivity contribution in [3.05, 3.63) is 23.4 Å². The van der Waals surface area contributed by atoms with Crippen molar-refractivity contribution in [1.82, 2.24) is 4.98 Å². The number of rotatable bonds is 6. The molecule has 0 atom stereocenters. The van der Waals surface area contributed by atoms with Crippen LogP contribution in [-0.4, -0.2) is 42.4 Å². The standard InChI is InChI=1S/C13H20N2O3/c1-9(2)15(7-8-18-4)12-11(13(16)17)6-5-10(3)14-12/h5-6,9H,7-8H2,1-4H3,(H,16,17). The number of nitrogens with zero attached hydrogens (tertiary/aromatic N) is 2. The molecule has 0 radical (unpaired) electrons. The third-order valence-electron chi connectivity index (χ3n) is 2.68. The monoisotopic (exact) mass is 252 g/mol. The number of aromatic carboxylic acids is 1. The van der Waals surface area contributed by atoms with Crippen molar-refractivity contribution in [2.24, 2.45) is 0 Å². The van der Waals surface area contributed by atoms with E-state index in [9.17, 15) is 9.90 Å². The maximum Gasteiger partial charge on any atom is 0.339 e. The number of pyridine rings is 1. The van der Waals surface area contributed by atoms with Crippen molar-refractivity contribution < 1.29 is 14.6 Å². The first-order valence-electron chi connectivity index (χ1n) is 5.94. The van der Waals surface area contributed by atoms with Gasteiger partial charge in [-0.3, -0.25) is 0 Å². The molecule has 0 unspecified atom stereocenters. The average Bonchev–Trinajstić information content (AvgIpc) is 2.28. The van der Waals surface area contributed by atoms with Crippen LogP contribution in [0.4, 0.5) is 5.82 Å². The van der Waals surface area contributed by atoms with E-state index in [-0.39, 0.29) is 11.6 Å². The van der Waals surface area contributed by atoms with Gasteiger partial charge in [0, 0.05) is 25.4 Å². The van der Waals surface area contributed by atoms with Crippen LogP contribution in [0.25, 0.3) is 0 Å². The van der Waals surface area contributed by atoms with Crippen molar-refractivity contribution >= 4 is 11.8 Å². The Morgan fingerprint density at radius 2 is 2.17 bits per heavy atom. The first kappa shape index (κ1) is 14.4. The Kier molecular flexibility index (Phi) is 5.09. The highest BCUT2D eigenvalue weighted by molar-refractivity contribution is 5.93. The van der Waals surface area contributed by atoms with E-state index < -0.39 is 5.97 Å². The van der Waals surface area contributed by atoms with Gasteiger partial charge in [0.2, 0.25) is 0 Å². The molecule has 0 bridgehead atoms. The molecule has 0 saturated carbocycles. The second kappa shape index (κ2) is 6.35. The minimum absolute atomic E-state index is 0.160. The van der Waals surface area contributed by atoms with Gasteiger partial charge in [-0.15, -0.1) is 0 Å². The quantitative estimate of drug-likeness (QED) is 0.838. The van der Waals surface area contributed by atoms with Gasteiger partial charge in [0.15, 0.2) is 0 Å². The van der Waals surface area contributed by atoms with Crippen LogP contribution in [0, 0.1) is 6.92 Å². The molecule has 18 heavy (non-hydrogen) atoms. The number of ether oxygens (including phenoxy) is 1. The molecule has 0 saturated heterocycles. The molecule has 5 nitrogen and oxygen atoms in total. The van der Waals surface area contributed by atoms with E-state index in [2.05, 4.69) is 4.98 Å². The molecular weight excluding hydrogens is 232 g/mol. The Bertz CT molecular complexity index is 419. The second-order valence-corrected chi connectivity index (χ2v) is 4.41. The predicted molar refractivity (Wildman–Crippen MR) is 70.3 cm³/mol. The van der Waals surface area contributed by atoms with Crippen LogP contribution in [0.2, 0.25) is 0 Å². The molecule has 0 aliphatic heterocycles. The summed E-state index contributed by atoms with van der Waals surface area (Å²) < 4.78 is 5.06. The van der Waals surface area contributed by atoms with Crippen molar-refractivity contribution in [3.8, 4) is 0 Å². The zero-order valence-electron chi connectivity index (χ0n) is 11.3. The fraction of sp³-hybridized carbons (Fsp3) is 0.538. The third kappa shape index (κ3) is 3.43. The fourth-order valence-corrected chi connectivity index (χ4v) is 1.73. The van der Waals surface area contributed by atoms with E-state index >= 15 is 0 Å². The van der Waals surface area contributed by atoms with Gasteiger partial charge in [0.05, 0.1) is 6.61 Å². The topological polar surface area (TPSA) is 62.7 Å². The zero-order chi connectivity index (χ0) is 13.7. The Labute approximate surface area is 107 Å². The van der Waals surface area contributed by atoms with Gasteiger partial charge in [-0.2, -0.15) is 0 Å². The molecule has 0 fully saturated rings. The van der Waals surface area contributed by atoms with Crippen LogP contribution in [0.5, 0.6) is 0 Å². The van der Waals surface area contributed by atoms with Gasteiger partial charge in [0.25, 0.3) is 0 Å². The molecule has 1 aromatic heterocycles. The first-order valence-corrected chi connectivity index (χ1v) is 5.94. The molecule has 1 aromatic rings. The lowest BCUT2D eigenvalue weighted by Gasteiger charge is -2.29. The highest BCUT2D eigenvalue weighted by atomic mass is 16.5. The molecule has 0 aliphatic carbocycles. The normalized spacial score (nSPS) is 10.7. The van der Waals surface area contributed by atoms with Gasteiger partial charge < -0.3 is 14.7 Å². The molecule has 5 heteroatoms. The lowest BCUT2D eigenvalue weighted by atomic mass is 10.2. The van der Waals surface area contributed by atoms with Crippen LogP contribution in [-0.2, 0) is 4.74 Å². The van der Waals surface area contributed by atoms with E-state index in [1.807, 2.05) is 25.7 Å². The van der Waals surface area contributed by atoms with Crippen molar-refractivity contribution in [1.29, 1.82) is 0 Å². The summed E-state index contributed by atoms with van der Waals surface area (Å²) in [4.78, 5) is 17.5. The summed E-state index contributed by atoms with van der Waals surface area (Å²) in [5.74, 6) is -0.449. The number of hydrogen-bond acceptors (Lipinski definition) is 4. The van der Waals surface area contributed by atoms with Crippen LogP contribution >= 0.6 is 0 Å². The highest BCUT2D eigenvalue weighted by Gasteiger charge is 2.19. The number of aryl methyl sites for hydroxylation is 1. The predicted octanol–water partition coefficient (Wildman–Crippen LogP) is 1.95. The highest BCUT2D eigenvalue weighted by Crippen LogP contribution is 2.20. The van der Waals surface area contributed by atoms with Crippen molar-refractivity contribution in [3.63, 3.8) is 0 Å². The first-order chi connectivity index (χ1) is 8.47. The number of carboxylic acids is 1. The summed E-state index contributed by atoms with van der Waals surface area (Å²) in [6.07, 6.45) is 0. The lowest BCUT2D eigenvalue weighted by molar-refractivity contribution is 0.0697. The molecular formula is C13H20N2O3.